The Balaban J connectivity index is 2.34. The van der Waals surface area contributed by atoms with Gasteiger partial charge in [-0.2, -0.15) is 13.2 Å². The standard InChI is InChI=1S/C11H8F3N3O2S/c12-11(13,14)20(18,19)9-4-1-3-8(7-9)17-10-15-5-2-6-16-10/h1-7H,(H,15,16,17). The topological polar surface area (TPSA) is 72.0 Å². The molecular weight excluding hydrogens is 295 g/mol. The number of hydrogen-bond donors (Lipinski definition) is 1. The van der Waals surface area contributed by atoms with Crippen LogP contribution < -0.4 is 5.32 Å². The van der Waals surface area contributed by atoms with Crippen LogP contribution in [0.15, 0.2) is 47.6 Å². The molecule has 0 fully saturated rings. The van der Waals surface area contributed by atoms with Crippen LogP contribution >= 0.6 is 0 Å². The van der Waals surface area contributed by atoms with E-state index in [1.54, 1.807) is 6.07 Å². The minimum Gasteiger partial charge on any atom is -0.324 e. The van der Waals surface area contributed by atoms with Crippen LogP contribution in [0, 0.1) is 0 Å². The summed E-state index contributed by atoms with van der Waals surface area (Å²) in [6.45, 7) is 0. The number of alkyl halides is 3. The molecule has 0 saturated heterocycles. The molecule has 0 aliphatic heterocycles. The van der Waals surface area contributed by atoms with Crippen molar-refractivity contribution in [3.8, 4) is 0 Å². The number of hydrogen-bond acceptors (Lipinski definition) is 5. The molecule has 0 bridgehead atoms. The molecular formula is C11H8F3N3O2S. The fourth-order valence-electron chi connectivity index (χ4n) is 1.37. The zero-order chi connectivity index (χ0) is 14.8. The van der Waals surface area contributed by atoms with Gasteiger partial charge in [0.25, 0.3) is 9.84 Å². The van der Waals surface area contributed by atoms with Crippen LogP contribution in [-0.2, 0) is 9.84 Å². The highest BCUT2D eigenvalue weighted by molar-refractivity contribution is 7.92. The van der Waals surface area contributed by atoms with Gasteiger partial charge in [0.15, 0.2) is 0 Å². The zero-order valence-electron chi connectivity index (χ0n) is 9.79. The van der Waals surface area contributed by atoms with Crippen LogP contribution in [-0.4, -0.2) is 23.9 Å². The number of sulfone groups is 1. The van der Waals surface area contributed by atoms with Crippen molar-refractivity contribution < 1.29 is 21.6 Å². The largest absolute Gasteiger partial charge is 0.501 e. The Morgan fingerprint density at radius 1 is 1.05 bits per heavy atom. The van der Waals surface area contributed by atoms with Crippen LogP contribution in [0.25, 0.3) is 0 Å². The lowest BCUT2D eigenvalue weighted by atomic mass is 10.3. The maximum Gasteiger partial charge on any atom is 0.501 e. The van der Waals surface area contributed by atoms with Gasteiger partial charge in [0.05, 0.1) is 4.90 Å². The summed E-state index contributed by atoms with van der Waals surface area (Å²) in [5, 5.41) is 2.61. The maximum absolute atomic E-state index is 12.4. The van der Waals surface area contributed by atoms with Gasteiger partial charge >= 0.3 is 5.51 Å². The number of aromatic nitrogens is 2. The van der Waals surface area contributed by atoms with E-state index < -0.39 is 20.2 Å². The third-order valence-corrected chi connectivity index (χ3v) is 3.75. The van der Waals surface area contributed by atoms with Crippen molar-refractivity contribution in [1.82, 2.24) is 9.97 Å². The molecule has 1 aromatic heterocycles. The molecule has 0 amide bonds. The molecule has 2 aromatic rings. The first-order valence-corrected chi connectivity index (χ1v) is 6.74. The van der Waals surface area contributed by atoms with Crippen molar-refractivity contribution in [2.45, 2.75) is 10.4 Å². The van der Waals surface area contributed by atoms with Gasteiger partial charge in [-0.15, -0.1) is 0 Å². The van der Waals surface area contributed by atoms with Crippen LogP contribution in [0.2, 0.25) is 0 Å². The predicted octanol–water partition coefficient (Wildman–Crippen LogP) is 2.51. The van der Waals surface area contributed by atoms with E-state index in [-0.39, 0.29) is 11.6 Å². The van der Waals surface area contributed by atoms with Gasteiger partial charge in [-0.1, -0.05) is 6.07 Å². The Morgan fingerprint density at radius 2 is 1.70 bits per heavy atom. The number of anilines is 2. The van der Waals surface area contributed by atoms with Gasteiger partial charge in [-0.25, -0.2) is 18.4 Å². The zero-order valence-corrected chi connectivity index (χ0v) is 10.6. The fraction of sp³-hybridized carbons (Fsp3) is 0.0909. The number of benzene rings is 1. The van der Waals surface area contributed by atoms with E-state index in [1.807, 2.05) is 0 Å². The quantitative estimate of drug-likeness (QED) is 0.943. The molecule has 9 heteroatoms. The monoisotopic (exact) mass is 303 g/mol. The fourth-order valence-corrected chi connectivity index (χ4v) is 2.17. The number of nitrogens with zero attached hydrogens (tertiary/aromatic N) is 2. The van der Waals surface area contributed by atoms with Crippen LogP contribution in [0.1, 0.15) is 0 Å². The third-order valence-electron chi connectivity index (χ3n) is 2.27. The molecule has 0 unspecified atom stereocenters. The highest BCUT2D eigenvalue weighted by Gasteiger charge is 2.46. The van der Waals surface area contributed by atoms with E-state index in [2.05, 4.69) is 15.3 Å². The normalized spacial score (nSPS) is 12.2. The molecule has 0 saturated carbocycles. The van der Waals surface area contributed by atoms with Gasteiger partial charge in [0.1, 0.15) is 0 Å². The average molecular weight is 303 g/mol. The summed E-state index contributed by atoms with van der Waals surface area (Å²) >= 11 is 0. The lowest BCUT2D eigenvalue weighted by molar-refractivity contribution is -0.0435. The second kappa shape index (κ2) is 5.08. The molecule has 106 valence electrons. The molecule has 5 nitrogen and oxygen atoms in total. The van der Waals surface area contributed by atoms with Crippen molar-refractivity contribution in [2.75, 3.05) is 5.32 Å². The Labute approximate surface area is 112 Å². The maximum atomic E-state index is 12.4. The summed E-state index contributed by atoms with van der Waals surface area (Å²) in [6, 6.07) is 5.92. The van der Waals surface area contributed by atoms with Crippen LogP contribution in [0.4, 0.5) is 24.8 Å². The lowest BCUT2D eigenvalue weighted by Gasteiger charge is -2.10. The van der Waals surface area contributed by atoms with Crippen molar-refractivity contribution in [2.24, 2.45) is 0 Å². The Kier molecular flexibility index (Phi) is 3.62. The van der Waals surface area contributed by atoms with E-state index in [0.717, 1.165) is 12.1 Å². The van der Waals surface area contributed by atoms with Crippen molar-refractivity contribution in [3.05, 3.63) is 42.7 Å². The Bertz CT molecular complexity index is 702. The third kappa shape index (κ3) is 2.87. The number of rotatable bonds is 3. The molecule has 1 N–H and O–H groups in total. The molecule has 0 spiro atoms. The van der Waals surface area contributed by atoms with Gasteiger partial charge in [-0.05, 0) is 24.3 Å². The molecule has 1 heterocycles. The van der Waals surface area contributed by atoms with Crippen molar-refractivity contribution in [1.29, 1.82) is 0 Å². The van der Waals surface area contributed by atoms with Crippen LogP contribution in [0.3, 0.4) is 0 Å². The van der Waals surface area contributed by atoms with Crippen LogP contribution in [0.5, 0.6) is 0 Å². The SMILES string of the molecule is O=S(=O)(c1cccc(Nc2ncccn2)c1)C(F)(F)F. The summed E-state index contributed by atoms with van der Waals surface area (Å²) < 4.78 is 59.9. The van der Waals surface area contributed by atoms with Gasteiger partial charge in [0, 0.05) is 18.1 Å². The average Bonchev–Trinajstić information content (AvgIpc) is 2.39. The highest BCUT2D eigenvalue weighted by atomic mass is 32.2. The van der Waals surface area contributed by atoms with E-state index >= 15 is 0 Å². The van der Waals surface area contributed by atoms with E-state index in [4.69, 9.17) is 0 Å². The number of halogens is 3. The van der Waals surface area contributed by atoms with Gasteiger partial charge < -0.3 is 5.32 Å². The minimum absolute atomic E-state index is 0.140. The smallest absolute Gasteiger partial charge is 0.324 e. The molecule has 1 aromatic carbocycles. The second-order valence-corrected chi connectivity index (χ2v) is 5.62. The van der Waals surface area contributed by atoms with Gasteiger partial charge in [0.2, 0.25) is 5.95 Å². The first-order valence-electron chi connectivity index (χ1n) is 5.26. The molecule has 0 aliphatic rings. The summed E-state index contributed by atoms with van der Waals surface area (Å²) in [4.78, 5) is 6.80. The predicted molar refractivity (Wildman–Crippen MR) is 65.0 cm³/mol. The summed E-state index contributed by atoms with van der Waals surface area (Å²) in [5.41, 5.74) is -5.20. The Morgan fingerprint density at radius 3 is 2.30 bits per heavy atom. The van der Waals surface area contributed by atoms with Gasteiger partial charge in [-0.3, -0.25) is 0 Å². The molecule has 20 heavy (non-hydrogen) atoms. The molecule has 0 radical (unpaired) electrons. The highest BCUT2D eigenvalue weighted by Crippen LogP contribution is 2.31. The van der Waals surface area contributed by atoms with E-state index in [1.165, 1.54) is 24.5 Å². The first-order chi connectivity index (χ1) is 9.30. The second-order valence-electron chi connectivity index (χ2n) is 3.67. The first kappa shape index (κ1) is 14.3. The molecule has 0 aliphatic carbocycles. The summed E-state index contributed by atoms with van der Waals surface area (Å²) in [6.07, 6.45) is 2.87. The van der Waals surface area contributed by atoms with Crippen molar-refractivity contribution >= 4 is 21.5 Å². The summed E-state index contributed by atoms with van der Waals surface area (Å²) in [7, 11) is -5.37. The van der Waals surface area contributed by atoms with E-state index in [0.29, 0.717) is 0 Å². The minimum atomic E-state index is -5.37. The Hall–Kier alpha value is -2.16. The van der Waals surface area contributed by atoms with E-state index in [9.17, 15) is 21.6 Å². The summed E-state index contributed by atoms with van der Waals surface area (Å²) in [5.74, 6) is 0.147. The van der Waals surface area contributed by atoms with Crippen molar-refractivity contribution in [3.63, 3.8) is 0 Å². The molecule has 2 rings (SSSR count). The molecule has 0 atom stereocenters. The lowest BCUT2D eigenvalue weighted by Crippen LogP contribution is -2.23. The number of nitrogens with one attached hydrogen (secondary N) is 1.